The number of aromatic nitrogens is 3. The number of benzene rings is 2. The van der Waals surface area contributed by atoms with E-state index < -0.39 is 46.7 Å². The molecule has 4 aromatic rings. The molecule has 0 N–H and O–H groups in total. The Labute approximate surface area is 193 Å². The maximum atomic E-state index is 14.7. The van der Waals surface area contributed by atoms with Crippen molar-refractivity contribution in [3.8, 4) is 11.6 Å². The summed E-state index contributed by atoms with van der Waals surface area (Å²) >= 11 is 0. The molecule has 0 amide bonds. The van der Waals surface area contributed by atoms with E-state index in [2.05, 4.69) is 9.97 Å². The van der Waals surface area contributed by atoms with Gasteiger partial charge in [-0.25, -0.2) is 18.2 Å². The summed E-state index contributed by atoms with van der Waals surface area (Å²) < 4.78 is 89.4. The Morgan fingerprint density at radius 3 is 2.37 bits per heavy atom. The summed E-state index contributed by atoms with van der Waals surface area (Å²) in [7, 11) is 0. The second-order valence-electron chi connectivity index (χ2n) is 8.16. The molecule has 1 aliphatic carbocycles. The topological polar surface area (TPSA) is 57.0 Å². The first-order chi connectivity index (χ1) is 16.6. The summed E-state index contributed by atoms with van der Waals surface area (Å²) in [6.07, 6.45) is -1.14. The average Bonchev–Trinajstić information content (AvgIpc) is 3.62. The van der Waals surface area contributed by atoms with Gasteiger partial charge in [-0.3, -0.25) is 4.79 Å². The number of alkyl halides is 3. The highest BCUT2D eigenvalue weighted by molar-refractivity contribution is 5.80. The second-order valence-corrected chi connectivity index (χ2v) is 8.16. The highest BCUT2D eigenvalue weighted by atomic mass is 19.4. The van der Waals surface area contributed by atoms with Crippen LogP contribution in [0, 0.1) is 23.4 Å². The van der Waals surface area contributed by atoms with Crippen LogP contribution in [0.4, 0.5) is 26.3 Å². The molecule has 11 heteroatoms. The number of fused-ring (bicyclic) bond motifs is 1. The van der Waals surface area contributed by atoms with Crippen molar-refractivity contribution in [2.24, 2.45) is 5.92 Å². The number of hydrogen-bond donors (Lipinski definition) is 0. The van der Waals surface area contributed by atoms with Gasteiger partial charge in [0.2, 0.25) is 5.88 Å². The third kappa shape index (κ3) is 4.33. The van der Waals surface area contributed by atoms with E-state index in [1.807, 2.05) is 0 Å². The summed E-state index contributed by atoms with van der Waals surface area (Å²) in [6.45, 7) is 0. The third-order valence-corrected chi connectivity index (χ3v) is 5.77. The van der Waals surface area contributed by atoms with Crippen LogP contribution in [0.1, 0.15) is 30.0 Å². The van der Waals surface area contributed by atoms with Crippen LogP contribution in [0.15, 0.2) is 59.8 Å². The molecule has 1 fully saturated rings. The molecular formula is C24H15F6N3O2. The minimum absolute atomic E-state index is 0.0388. The van der Waals surface area contributed by atoms with Gasteiger partial charge in [-0.2, -0.15) is 18.2 Å². The summed E-state index contributed by atoms with van der Waals surface area (Å²) in [6, 6.07) is 6.08. The quantitative estimate of drug-likeness (QED) is 0.321. The van der Waals surface area contributed by atoms with Crippen molar-refractivity contribution in [1.82, 2.24) is 14.5 Å². The van der Waals surface area contributed by atoms with Gasteiger partial charge in [0, 0.05) is 23.9 Å². The van der Waals surface area contributed by atoms with E-state index in [1.54, 1.807) is 0 Å². The van der Waals surface area contributed by atoms with Crippen LogP contribution >= 0.6 is 0 Å². The number of hydrogen-bond acceptors (Lipinski definition) is 4. The molecule has 35 heavy (non-hydrogen) atoms. The molecule has 0 saturated heterocycles. The van der Waals surface area contributed by atoms with Gasteiger partial charge in [0.05, 0.1) is 23.3 Å². The molecule has 2 heterocycles. The number of pyridine rings is 1. The molecule has 180 valence electrons. The monoisotopic (exact) mass is 491 g/mol. The molecule has 2 aromatic carbocycles. The highest BCUT2D eigenvalue weighted by Crippen LogP contribution is 2.46. The standard InChI is InChI=1S/C24H15F6N3O2/c25-13-8-17(26)20(18(27)9-13)21(12-3-4-12)33-11-32-22(34)15-10-14(5-6-19(15)33)35-23-16(24(28,29)30)2-1-7-31-23/h1-2,5-12,21H,3-4H2/t21-/m1/s1. The Balaban J connectivity index is 1.61. The first-order valence-corrected chi connectivity index (χ1v) is 10.5. The van der Waals surface area contributed by atoms with E-state index in [-0.39, 0.29) is 28.1 Å². The Kier molecular flexibility index (Phi) is 5.49. The van der Waals surface area contributed by atoms with Gasteiger partial charge in [-0.05, 0) is 49.1 Å². The predicted molar refractivity (Wildman–Crippen MR) is 112 cm³/mol. The van der Waals surface area contributed by atoms with E-state index >= 15 is 0 Å². The molecule has 0 aliphatic heterocycles. The van der Waals surface area contributed by atoms with Gasteiger partial charge in [-0.1, -0.05) is 0 Å². The van der Waals surface area contributed by atoms with Crippen molar-refractivity contribution in [3.05, 3.63) is 93.9 Å². The molecular weight excluding hydrogens is 476 g/mol. The number of rotatable bonds is 5. The predicted octanol–water partition coefficient (Wildman–Crippen LogP) is 6.02. The van der Waals surface area contributed by atoms with Crippen molar-refractivity contribution in [1.29, 1.82) is 0 Å². The number of nitrogens with zero attached hydrogens (tertiary/aromatic N) is 3. The van der Waals surface area contributed by atoms with Crippen LogP contribution in [0.2, 0.25) is 0 Å². The lowest BCUT2D eigenvalue weighted by molar-refractivity contribution is -0.138. The lowest BCUT2D eigenvalue weighted by Crippen LogP contribution is -2.21. The fourth-order valence-corrected chi connectivity index (χ4v) is 4.09. The summed E-state index contributed by atoms with van der Waals surface area (Å²) in [4.78, 5) is 19.9. The Morgan fingerprint density at radius 2 is 1.71 bits per heavy atom. The van der Waals surface area contributed by atoms with E-state index in [4.69, 9.17) is 4.74 Å². The maximum Gasteiger partial charge on any atom is 0.421 e. The summed E-state index contributed by atoms with van der Waals surface area (Å²) in [5.74, 6) is -4.19. The van der Waals surface area contributed by atoms with Gasteiger partial charge in [0.25, 0.3) is 5.56 Å². The Bertz CT molecular complexity index is 1470. The van der Waals surface area contributed by atoms with Gasteiger partial charge >= 0.3 is 6.18 Å². The molecule has 2 aromatic heterocycles. The Morgan fingerprint density at radius 1 is 1.00 bits per heavy atom. The number of halogens is 6. The van der Waals surface area contributed by atoms with Crippen molar-refractivity contribution in [2.45, 2.75) is 25.1 Å². The van der Waals surface area contributed by atoms with E-state index in [0.717, 1.165) is 24.7 Å². The molecule has 1 aliphatic rings. The SMILES string of the molecule is O=c1ncn([C@@H](c2c(F)cc(F)cc2F)C2CC2)c2ccc(Oc3ncccc3C(F)(F)F)cc12. The van der Waals surface area contributed by atoms with Crippen molar-refractivity contribution < 1.29 is 31.1 Å². The zero-order valence-electron chi connectivity index (χ0n) is 17.7. The van der Waals surface area contributed by atoms with Crippen LogP contribution in [-0.4, -0.2) is 14.5 Å². The zero-order valence-corrected chi connectivity index (χ0v) is 17.7. The minimum Gasteiger partial charge on any atom is -0.438 e. The lowest BCUT2D eigenvalue weighted by Gasteiger charge is -2.23. The molecule has 5 rings (SSSR count). The molecule has 1 atom stereocenters. The minimum atomic E-state index is -4.71. The van der Waals surface area contributed by atoms with Crippen LogP contribution in [0.25, 0.3) is 10.9 Å². The molecule has 0 radical (unpaired) electrons. The third-order valence-electron chi connectivity index (χ3n) is 5.77. The number of ether oxygens (including phenoxy) is 1. The van der Waals surface area contributed by atoms with Crippen molar-refractivity contribution in [3.63, 3.8) is 0 Å². The van der Waals surface area contributed by atoms with Crippen molar-refractivity contribution in [2.75, 3.05) is 0 Å². The molecule has 0 spiro atoms. The maximum absolute atomic E-state index is 14.7. The van der Waals surface area contributed by atoms with Gasteiger partial charge in [0.15, 0.2) is 0 Å². The van der Waals surface area contributed by atoms with Crippen LogP contribution in [0.3, 0.4) is 0 Å². The normalized spacial score (nSPS) is 14.8. The largest absolute Gasteiger partial charge is 0.438 e. The van der Waals surface area contributed by atoms with E-state index in [1.165, 1.54) is 22.8 Å². The summed E-state index contributed by atoms with van der Waals surface area (Å²) in [5, 5.41) is -0.0388. The first kappa shape index (κ1) is 22.9. The van der Waals surface area contributed by atoms with Crippen LogP contribution < -0.4 is 10.3 Å². The summed E-state index contributed by atoms with van der Waals surface area (Å²) in [5.41, 5.74) is -1.94. The van der Waals surface area contributed by atoms with Crippen LogP contribution in [-0.2, 0) is 6.18 Å². The fraction of sp³-hybridized carbons (Fsp3) is 0.208. The lowest BCUT2D eigenvalue weighted by atomic mass is 9.99. The van der Waals surface area contributed by atoms with Gasteiger partial charge in [-0.15, -0.1) is 0 Å². The fourth-order valence-electron chi connectivity index (χ4n) is 4.09. The second kappa shape index (κ2) is 8.40. The van der Waals surface area contributed by atoms with E-state index in [0.29, 0.717) is 25.0 Å². The first-order valence-electron chi connectivity index (χ1n) is 10.5. The molecule has 1 saturated carbocycles. The van der Waals surface area contributed by atoms with E-state index in [9.17, 15) is 31.1 Å². The zero-order chi connectivity index (χ0) is 24.9. The molecule has 0 unspecified atom stereocenters. The van der Waals surface area contributed by atoms with Crippen LogP contribution in [0.5, 0.6) is 11.6 Å². The van der Waals surface area contributed by atoms with Crippen molar-refractivity contribution >= 4 is 10.9 Å². The van der Waals surface area contributed by atoms with Gasteiger partial charge < -0.3 is 9.30 Å². The molecule has 0 bridgehead atoms. The molecule has 5 nitrogen and oxygen atoms in total. The smallest absolute Gasteiger partial charge is 0.421 e. The van der Waals surface area contributed by atoms with Gasteiger partial charge in [0.1, 0.15) is 28.8 Å². The Hall–Kier alpha value is -3.89. The average molecular weight is 491 g/mol. The highest BCUT2D eigenvalue weighted by Gasteiger charge is 2.38.